The van der Waals surface area contributed by atoms with Crippen LogP contribution in [0.3, 0.4) is 0 Å². The molecule has 1 aromatic carbocycles. The number of ether oxygens (including phenoxy) is 1. The summed E-state index contributed by atoms with van der Waals surface area (Å²) in [5.74, 6) is 0. The average molecular weight is 340 g/mol. The molecule has 0 N–H and O–H groups in total. The minimum absolute atomic E-state index is 0.199. The Morgan fingerprint density at radius 1 is 0.773 bits per heavy atom. The van der Waals surface area contributed by atoms with Gasteiger partial charge in [-0.2, -0.15) is 39.5 Å². The van der Waals surface area contributed by atoms with Crippen LogP contribution in [0.15, 0.2) is 12.1 Å². The van der Waals surface area contributed by atoms with Crippen LogP contribution in [0, 0.1) is 0 Å². The second-order valence-corrected chi connectivity index (χ2v) is 4.18. The smallest absolute Gasteiger partial charge is 0.377 e. The zero-order valence-electron chi connectivity index (χ0n) is 10.9. The van der Waals surface area contributed by atoms with Crippen molar-refractivity contribution in [3.8, 4) is 0 Å². The first-order valence-electron chi connectivity index (χ1n) is 5.74. The first kappa shape index (κ1) is 18.6. The minimum Gasteiger partial charge on any atom is -0.377 e. The highest BCUT2D eigenvalue weighted by Crippen LogP contribution is 2.43. The maximum absolute atomic E-state index is 12.8. The lowest BCUT2D eigenvalue weighted by Gasteiger charge is -2.21. The van der Waals surface area contributed by atoms with Crippen molar-refractivity contribution in [2.75, 3.05) is 6.61 Å². The van der Waals surface area contributed by atoms with Crippen LogP contribution in [0.25, 0.3) is 0 Å². The van der Waals surface area contributed by atoms with Crippen LogP contribution in [0.2, 0.25) is 0 Å². The van der Waals surface area contributed by atoms with Crippen molar-refractivity contribution in [1.82, 2.24) is 0 Å². The number of halogens is 9. The van der Waals surface area contributed by atoms with E-state index in [0.717, 1.165) is 0 Å². The van der Waals surface area contributed by atoms with Crippen LogP contribution < -0.4 is 0 Å². The van der Waals surface area contributed by atoms with E-state index in [2.05, 4.69) is 4.74 Å². The molecule has 0 fully saturated rings. The van der Waals surface area contributed by atoms with E-state index in [9.17, 15) is 39.5 Å². The molecule has 1 nitrogen and oxygen atoms in total. The third kappa shape index (κ3) is 4.28. The molecule has 1 aromatic rings. The molecule has 0 aromatic heterocycles. The van der Waals surface area contributed by atoms with Gasteiger partial charge in [-0.1, -0.05) is 0 Å². The molecule has 0 saturated heterocycles. The standard InChI is InChI=1S/C12H9F9O/c1-2-22-5-7-8(11(16,17)18)3-6(10(13,14)15)4-9(7)12(19,20)21/h3-4H,2,5H2,1H3. The van der Waals surface area contributed by atoms with Gasteiger partial charge in [0.25, 0.3) is 0 Å². The molecule has 1 rings (SSSR count). The van der Waals surface area contributed by atoms with E-state index in [0.29, 0.717) is 0 Å². The molecule has 0 aliphatic carbocycles. The second-order valence-electron chi connectivity index (χ2n) is 4.18. The van der Waals surface area contributed by atoms with Crippen LogP contribution in [-0.2, 0) is 29.9 Å². The molecule has 10 heteroatoms. The van der Waals surface area contributed by atoms with Gasteiger partial charge in [-0.15, -0.1) is 0 Å². The van der Waals surface area contributed by atoms with E-state index < -0.39 is 47.4 Å². The van der Waals surface area contributed by atoms with Gasteiger partial charge in [-0.05, 0) is 19.1 Å². The number of benzene rings is 1. The molecule has 0 unspecified atom stereocenters. The number of hydrogen-bond acceptors (Lipinski definition) is 1. The van der Waals surface area contributed by atoms with Gasteiger partial charge in [0.2, 0.25) is 0 Å². The van der Waals surface area contributed by atoms with Gasteiger partial charge in [0.1, 0.15) is 0 Å². The van der Waals surface area contributed by atoms with Crippen LogP contribution in [0.1, 0.15) is 29.2 Å². The predicted molar refractivity (Wildman–Crippen MR) is 56.8 cm³/mol. The van der Waals surface area contributed by atoms with Crippen molar-refractivity contribution >= 4 is 0 Å². The lowest BCUT2D eigenvalue weighted by Crippen LogP contribution is -2.20. The monoisotopic (exact) mass is 340 g/mol. The second kappa shape index (κ2) is 5.98. The molecular weight excluding hydrogens is 331 g/mol. The number of alkyl halides is 9. The van der Waals surface area contributed by atoms with E-state index >= 15 is 0 Å². The summed E-state index contributed by atoms with van der Waals surface area (Å²) in [7, 11) is 0. The predicted octanol–water partition coefficient (Wildman–Crippen LogP) is 5.28. The average Bonchev–Trinajstić information content (AvgIpc) is 2.31. The van der Waals surface area contributed by atoms with Crippen molar-refractivity contribution in [2.45, 2.75) is 32.1 Å². The van der Waals surface area contributed by atoms with Gasteiger partial charge < -0.3 is 4.74 Å². The Hall–Kier alpha value is -1.45. The SMILES string of the molecule is CCOCc1c(C(F)(F)F)cc(C(F)(F)F)cc1C(F)(F)F. The van der Waals surface area contributed by atoms with Crippen molar-refractivity contribution in [2.24, 2.45) is 0 Å². The van der Waals surface area contributed by atoms with Crippen LogP contribution in [0.5, 0.6) is 0 Å². The van der Waals surface area contributed by atoms with Gasteiger partial charge in [-0.3, -0.25) is 0 Å². The fourth-order valence-electron chi connectivity index (χ4n) is 1.70. The lowest BCUT2D eigenvalue weighted by atomic mass is 9.96. The van der Waals surface area contributed by atoms with Crippen LogP contribution >= 0.6 is 0 Å². The molecule has 0 radical (unpaired) electrons. The Kier molecular flexibility index (Phi) is 5.05. The Labute approximate surface area is 118 Å². The summed E-state index contributed by atoms with van der Waals surface area (Å²) in [4.78, 5) is 0. The summed E-state index contributed by atoms with van der Waals surface area (Å²) < 4.78 is 119. The van der Waals surface area contributed by atoms with Gasteiger partial charge >= 0.3 is 18.5 Å². The van der Waals surface area contributed by atoms with Crippen molar-refractivity contribution in [3.05, 3.63) is 34.4 Å². The Bertz CT molecular complexity index is 490. The van der Waals surface area contributed by atoms with Crippen LogP contribution in [-0.4, -0.2) is 6.61 Å². The van der Waals surface area contributed by atoms with E-state index in [1.165, 1.54) is 6.92 Å². The summed E-state index contributed by atoms with van der Waals surface area (Å²) in [6.07, 6.45) is -16.1. The van der Waals surface area contributed by atoms with Gasteiger partial charge in [0.15, 0.2) is 0 Å². The first-order chi connectivity index (χ1) is 9.78. The lowest BCUT2D eigenvalue weighted by molar-refractivity contribution is -0.150. The van der Waals surface area contributed by atoms with E-state index in [4.69, 9.17) is 0 Å². The first-order valence-corrected chi connectivity index (χ1v) is 5.74. The number of hydrogen-bond donors (Lipinski definition) is 0. The molecule has 0 bridgehead atoms. The topological polar surface area (TPSA) is 9.23 Å². The third-order valence-corrected chi connectivity index (χ3v) is 2.64. The summed E-state index contributed by atoms with van der Waals surface area (Å²) in [5, 5.41) is 0. The van der Waals surface area contributed by atoms with Gasteiger partial charge in [0, 0.05) is 12.2 Å². The fraction of sp³-hybridized carbons (Fsp3) is 0.500. The number of rotatable bonds is 3. The van der Waals surface area contributed by atoms with E-state index in [-0.39, 0.29) is 18.7 Å². The summed E-state index contributed by atoms with van der Waals surface area (Å²) in [6.45, 7) is 0.0263. The molecule has 22 heavy (non-hydrogen) atoms. The Balaban J connectivity index is 3.70. The highest BCUT2D eigenvalue weighted by atomic mass is 19.4. The van der Waals surface area contributed by atoms with Crippen molar-refractivity contribution in [1.29, 1.82) is 0 Å². The highest BCUT2D eigenvalue weighted by molar-refractivity contribution is 5.43. The maximum Gasteiger partial charge on any atom is 0.416 e. The van der Waals surface area contributed by atoms with E-state index in [1.54, 1.807) is 0 Å². The zero-order valence-corrected chi connectivity index (χ0v) is 10.9. The summed E-state index contributed by atoms with van der Waals surface area (Å²) in [5.41, 5.74) is -7.41. The summed E-state index contributed by atoms with van der Waals surface area (Å²) >= 11 is 0. The van der Waals surface area contributed by atoms with Gasteiger partial charge in [0.05, 0.1) is 23.3 Å². The Morgan fingerprint density at radius 2 is 1.18 bits per heavy atom. The molecule has 0 amide bonds. The normalized spacial score (nSPS) is 13.5. The highest BCUT2D eigenvalue weighted by Gasteiger charge is 2.44. The maximum atomic E-state index is 12.8. The van der Waals surface area contributed by atoms with E-state index in [1.807, 2.05) is 0 Å². The molecular formula is C12H9F9O. The largest absolute Gasteiger partial charge is 0.416 e. The van der Waals surface area contributed by atoms with Crippen LogP contribution in [0.4, 0.5) is 39.5 Å². The Morgan fingerprint density at radius 3 is 1.45 bits per heavy atom. The molecule has 0 heterocycles. The molecule has 0 saturated carbocycles. The zero-order chi connectivity index (χ0) is 17.3. The minimum atomic E-state index is -5.38. The van der Waals surface area contributed by atoms with Crippen molar-refractivity contribution in [3.63, 3.8) is 0 Å². The third-order valence-electron chi connectivity index (χ3n) is 2.64. The summed E-state index contributed by atoms with van der Waals surface area (Å²) in [6, 6.07) is -0.687. The quantitative estimate of drug-likeness (QED) is 0.680. The molecule has 0 aliphatic heterocycles. The van der Waals surface area contributed by atoms with Crippen molar-refractivity contribution < 1.29 is 44.3 Å². The van der Waals surface area contributed by atoms with Gasteiger partial charge in [-0.25, -0.2) is 0 Å². The molecule has 126 valence electrons. The fourth-order valence-corrected chi connectivity index (χ4v) is 1.70. The molecule has 0 spiro atoms. The molecule has 0 atom stereocenters. The molecule has 0 aliphatic rings.